The first-order valence-corrected chi connectivity index (χ1v) is 7.26. The maximum absolute atomic E-state index is 6.45. The maximum atomic E-state index is 6.45. The molecule has 4 N–H and O–H groups in total. The molecule has 1 atom stereocenters. The summed E-state index contributed by atoms with van der Waals surface area (Å²) in [6, 6.07) is 12.9. The van der Waals surface area contributed by atoms with Gasteiger partial charge >= 0.3 is 0 Å². The van der Waals surface area contributed by atoms with Crippen LogP contribution in [0.3, 0.4) is 0 Å². The highest BCUT2D eigenvalue weighted by Gasteiger charge is 2.18. The number of benzene rings is 2. The van der Waals surface area contributed by atoms with Crippen LogP contribution >= 0.6 is 0 Å². The van der Waals surface area contributed by atoms with Gasteiger partial charge < -0.3 is 20.9 Å². The summed E-state index contributed by atoms with van der Waals surface area (Å²) in [7, 11) is 3.22. The van der Waals surface area contributed by atoms with Gasteiger partial charge in [0, 0.05) is 23.2 Å². The van der Waals surface area contributed by atoms with Crippen molar-refractivity contribution in [2.45, 2.75) is 6.04 Å². The van der Waals surface area contributed by atoms with E-state index < -0.39 is 6.04 Å². The van der Waals surface area contributed by atoms with Gasteiger partial charge in [-0.2, -0.15) is 0 Å². The van der Waals surface area contributed by atoms with E-state index in [2.05, 4.69) is 4.98 Å². The Morgan fingerprint density at radius 2 is 1.78 bits per heavy atom. The summed E-state index contributed by atoms with van der Waals surface area (Å²) >= 11 is 0. The number of nitrogens with zero attached hydrogens (tertiary/aromatic N) is 1. The summed E-state index contributed by atoms with van der Waals surface area (Å²) < 4.78 is 10.7. The molecule has 3 aromatic rings. The summed E-state index contributed by atoms with van der Waals surface area (Å²) in [5.41, 5.74) is 15.8. The molecule has 5 nitrogen and oxygen atoms in total. The van der Waals surface area contributed by atoms with Crippen LogP contribution in [0.2, 0.25) is 0 Å². The van der Waals surface area contributed by atoms with Crippen LogP contribution in [0.4, 0.5) is 5.69 Å². The van der Waals surface area contributed by atoms with Crippen LogP contribution in [0.1, 0.15) is 17.2 Å². The number of hydrogen-bond acceptors (Lipinski definition) is 5. The number of ether oxygens (including phenoxy) is 2. The third-order valence-electron chi connectivity index (χ3n) is 3.96. The Bertz CT molecular complexity index is 849. The van der Waals surface area contributed by atoms with E-state index in [4.69, 9.17) is 20.9 Å². The Balaban J connectivity index is 2.10. The summed E-state index contributed by atoms with van der Waals surface area (Å²) in [6.07, 6.45) is 1.72. The number of anilines is 1. The predicted molar refractivity (Wildman–Crippen MR) is 91.7 cm³/mol. The lowest BCUT2D eigenvalue weighted by Gasteiger charge is -2.19. The molecule has 1 unspecified atom stereocenters. The van der Waals surface area contributed by atoms with Crippen molar-refractivity contribution in [2.24, 2.45) is 5.73 Å². The van der Waals surface area contributed by atoms with E-state index >= 15 is 0 Å². The number of hydrogen-bond donors (Lipinski definition) is 2. The largest absolute Gasteiger partial charge is 0.497 e. The second-order valence-electron chi connectivity index (χ2n) is 5.23. The summed E-state index contributed by atoms with van der Waals surface area (Å²) in [5, 5.41) is 0.989. The van der Waals surface area contributed by atoms with Gasteiger partial charge in [0.25, 0.3) is 0 Å². The smallest absolute Gasteiger partial charge is 0.127 e. The molecule has 23 heavy (non-hydrogen) atoms. The molecule has 0 saturated heterocycles. The molecule has 118 valence electrons. The lowest BCUT2D eigenvalue weighted by atomic mass is 9.95. The number of nitrogens with two attached hydrogens (primary N) is 2. The molecule has 0 aliphatic carbocycles. The average Bonchev–Trinajstić information content (AvgIpc) is 2.61. The van der Waals surface area contributed by atoms with Gasteiger partial charge in [0.05, 0.1) is 31.5 Å². The van der Waals surface area contributed by atoms with E-state index in [1.165, 1.54) is 0 Å². The van der Waals surface area contributed by atoms with Crippen molar-refractivity contribution >= 4 is 16.6 Å². The van der Waals surface area contributed by atoms with Crippen molar-refractivity contribution in [2.75, 3.05) is 20.0 Å². The summed E-state index contributed by atoms with van der Waals surface area (Å²) in [4.78, 5) is 4.36. The number of pyridine rings is 1. The Kier molecular flexibility index (Phi) is 4.04. The molecule has 1 heterocycles. The van der Waals surface area contributed by atoms with Gasteiger partial charge in [0.15, 0.2) is 0 Å². The zero-order valence-electron chi connectivity index (χ0n) is 13.1. The van der Waals surface area contributed by atoms with E-state index in [1.54, 1.807) is 20.4 Å². The maximum Gasteiger partial charge on any atom is 0.127 e. The van der Waals surface area contributed by atoms with Gasteiger partial charge in [-0.25, -0.2) is 0 Å². The van der Waals surface area contributed by atoms with Gasteiger partial charge in [-0.3, -0.25) is 4.98 Å². The third kappa shape index (κ3) is 2.66. The Morgan fingerprint density at radius 3 is 2.52 bits per heavy atom. The zero-order chi connectivity index (χ0) is 16.4. The van der Waals surface area contributed by atoms with Crippen molar-refractivity contribution in [1.29, 1.82) is 0 Å². The van der Waals surface area contributed by atoms with Crippen LogP contribution in [0, 0.1) is 0 Å². The number of nitrogen functional groups attached to an aromatic ring is 1. The number of rotatable bonds is 4. The average molecular weight is 309 g/mol. The molecule has 0 fully saturated rings. The SMILES string of the molecule is COc1ccc(C(N)c2ccc3cccnc3c2N)c(OC)c1. The summed E-state index contributed by atoms with van der Waals surface area (Å²) in [6.45, 7) is 0. The molecule has 0 amide bonds. The molecular formula is C18H19N3O2. The van der Waals surface area contributed by atoms with Crippen molar-refractivity contribution in [3.8, 4) is 11.5 Å². The van der Waals surface area contributed by atoms with Crippen LogP contribution in [-0.2, 0) is 0 Å². The lowest BCUT2D eigenvalue weighted by Crippen LogP contribution is -2.15. The molecule has 0 bridgehead atoms. The molecule has 0 radical (unpaired) electrons. The fourth-order valence-corrected chi connectivity index (χ4v) is 2.70. The van der Waals surface area contributed by atoms with Crippen molar-refractivity contribution in [3.63, 3.8) is 0 Å². The van der Waals surface area contributed by atoms with Crippen molar-refractivity contribution in [1.82, 2.24) is 4.98 Å². The fourth-order valence-electron chi connectivity index (χ4n) is 2.70. The van der Waals surface area contributed by atoms with E-state index in [1.807, 2.05) is 42.5 Å². The van der Waals surface area contributed by atoms with Crippen LogP contribution in [0.25, 0.3) is 10.9 Å². The molecule has 0 aliphatic heterocycles. The standard InChI is InChI=1S/C18H19N3O2/c1-22-12-6-8-13(15(10-12)23-2)16(19)14-7-5-11-4-3-9-21-18(11)17(14)20/h3-10,16H,19-20H2,1-2H3. The minimum Gasteiger partial charge on any atom is -0.497 e. The first-order valence-electron chi connectivity index (χ1n) is 7.26. The topological polar surface area (TPSA) is 83.4 Å². The van der Waals surface area contributed by atoms with Crippen LogP contribution < -0.4 is 20.9 Å². The second kappa shape index (κ2) is 6.14. The normalized spacial score (nSPS) is 12.1. The first kappa shape index (κ1) is 15.1. The minimum absolute atomic E-state index is 0.415. The van der Waals surface area contributed by atoms with Gasteiger partial charge in [0.1, 0.15) is 11.5 Å². The fraction of sp³-hybridized carbons (Fsp3) is 0.167. The second-order valence-corrected chi connectivity index (χ2v) is 5.23. The Morgan fingerprint density at radius 1 is 1.00 bits per heavy atom. The highest BCUT2D eigenvalue weighted by Crippen LogP contribution is 2.35. The molecule has 0 aliphatic rings. The molecule has 2 aromatic carbocycles. The van der Waals surface area contributed by atoms with Crippen molar-refractivity contribution < 1.29 is 9.47 Å². The van der Waals surface area contributed by atoms with E-state index in [-0.39, 0.29) is 0 Å². The zero-order valence-corrected chi connectivity index (χ0v) is 13.1. The number of fused-ring (bicyclic) bond motifs is 1. The Hall–Kier alpha value is -2.79. The van der Waals surface area contributed by atoms with Crippen LogP contribution in [-0.4, -0.2) is 19.2 Å². The minimum atomic E-state index is -0.415. The monoisotopic (exact) mass is 309 g/mol. The van der Waals surface area contributed by atoms with Gasteiger partial charge in [0.2, 0.25) is 0 Å². The molecule has 0 saturated carbocycles. The summed E-state index contributed by atoms with van der Waals surface area (Å²) in [5.74, 6) is 1.38. The predicted octanol–water partition coefficient (Wildman–Crippen LogP) is 2.88. The molecule has 3 rings (SSSR count). The van der Waals surface area contributed by atoms with Crippen LogP contribution in [0.5, 0.6) is 11.5 Å². The van der Waals surface area contributed by atoms with E-state index in [9.17, 15) is 0 Å². The highest BCUT2D eigenvalue weighted by molar-refractivity contribution is 5.91. The Labute approximate surface area is 134 Å². The molecule has 5 heteroatoms. The quantitative estimate of drug-likeness (QED) is 0.724. The van der Waals surface area contributed by atoms with E-state index in [0.717, 1.165) is 22.0 Å². The highest BCUT2D eigenvalue weighted by atomic mass is 16.5. The third-order valence-corrected chi connectivity index (χ3v) is 3.96. The number of methoxy groups -OCH3 is 2. The van der Waals surface area contributed by atoms with Gasteiger partial charge in [-0.15, -0.1) is 0 Å². The van der Waals surface area contributed by atoms with Gasteiger partial charge in [-0.05, 0) is 23.8 Å². The molecule has 0 spiro atoms. The lowest BCUT2D eigenvalue weighted by molar-refractivity contribution is 0.390. The molecule has 1 aromatic heterocycles. The van der Waals surface area contributed by atoms with Gasteiger partial charge in [-0.1, -0.05) is 18.2 Å². The van der Waals surface area contributed by atoms with Crippen molar-refractivity contribution in [3.05, 3.63) is 59.8 Å². The first-order chi connectivity index (χ1) is 11.2. The van der Waals surface area contributed by atoms with E-state index in [0.29, 0.717) is 17.2 Å². The number of aromatic nitrogens is 1. The van der Waals surface area contributed by atoms with Crippen LogP contribution in [0.15, 0.2) is 48.7 Å². The molecular weight excluding hydrogens is 290 g/mol.